The Bertz CT molecular complexity index is 2920. The van der Waals surface area contributed by atoms with Crippen molar-refractivity contribution in [1.29, 1.82) is 0 Å². The average Bonchev–Trinajstić information content (AvgIpc) is 3.35. The van der Waals surface area contributed by atoms with Crippen LogP contribution in [-0.4, -0.2) is 19.9 Å². The molecule has 0 radical (unpaired) electrons. The van der Waals surface area contributed by atoms with Crippen molar-refractivity contribution in [2.45, 2.75) is 6.92 Å². The van der Waals surface area contributed by atoms with Crippen LogP contribution in [0.3, 0.4) is 0 Å². The molecule has 0 aliphatic carbocycles. The normalized spacial score (nSPS) is 11.1. The molecule has 294 valence electrons. The minimum absolute atomic E-state index is 1.05. The Morgan fingerprint density at radius 3 is 1.03 bits per heavy atom. The van der Waals surface area contributed by atoms with E-state index in [9.17, 15) is 0 Å². The summed E-state index contributed by atoms with van der Waals surface area (Å²) in [5, 5.41) is 0. The molecule has 0 amide bonds. The summed E-state index contributed by atoms with van der Waals surface area (Å²) in [5.41, 5.74) is 21.1. The largest absolute Gasteiger partial charge is 0.264 e. The average molecular weight is 797 g/mol. The van der Waals surface area contributed by atoms with Crippen molar-refractivity contribution >= 4 is 0 Å². The number of nitrogens with zero attached hydrogens (tertiary/aromatic N) is 5. The van der Waals surface area contributed by atoms with E-state index in [1.165, 1.54) is 22.4 Å². The second-order valence-corrected chi connectivity index (χ2v) is 15.7. The van der Waals surface area contributed by atoms with E-state index in [-0.39, 0.29) is 0 Å². The summed E-state index contributed by atoms with van der Waals surface area (Å²) in [4.78, 5) is 17.9. The van der Waals surface area contributed by atoms with Gasteiger partial charge >= 0.3 is 0 Å². The third kappa shape index (κ3) is 7.95. The van der Waals surface area contributed by atoms with Gasteiger partial charge in [0.2, 0.25) is 5.69 Å². The first-order chi connectivity index (χ1) is 30.5. The number of rotatable bonds is 9. The molecule has 0 atom stereocenters. The molecule has 5 aromatic carbocycles. The van der Waals surface area contributed by atoms with Crippen LogP contribution in [0, 0.1) is 6.92 Å². The molecule has 0 N–H and O–H groups in total. The van der Waals surface area contributed by atoms with Gasteiger partial charge in [-0.1, -0.05) is 54.6 Å². The maximum atomic E-state index is 4.48. The quantitative estimate of drug-likeness (QED) is 0.137. The van der Waals surface area contributed by atoms with Gasteiger partial charge in [0, 0.05) is 89.5 Å². The Hall–Kier alpha value is -8.15. The molecule has 5 nitrogen and oxygen atoms in total. The smallest absolute Gasteiger partial charge is 0.212 e. The lowest BCUT2D eigenvalue weighted by molar-refractivity contribution is -0.660. The second-order valence-electron chi connectivity index (χ2n) is 15.7. The Labute approximate surface area is 362 Å². The number of benzene rings is 5. The number of pyridine rings is 5. The van der Waals surface area contributed by atoms with Gasteiger partial charge in [0.05, 0.1) is 0 Å². The zero-order valence-corrected chi connectivity index (χ0v) is 34.5. The van der Waals surface area contributed by atoms with Crippen molar-refractivity contribution < 1.29 is 4.57 Å². The molecule has 5 heteroatoms. The maximum Gasteiger partial charge on any atom is 0.212 e. The maximum absolute atomic E-state index is 4.48. The standard InChI is InChI=1S/C57H42N5/c1-39-17-18-42(34-56(39)57-16-3-4-23-62(57)2)40-10-5-11-41(24-40)47-25-52(54-29-48(43-12-6-19-58-35-43)27-49(30-54)44-13-7-20-59-36-44)33-53(26-47)55-31-50(45-14-8-21-60-37-45)28-51(32-55)46-15-9-22-61-38-46/h3-38H,1-2H3/q+1. The molecule has 0 spiro atoms. The summed E-state index contributed by atoms with van der Waals surface area (Å²) < 4.78 is 2.18. The Balaban J connectivity index is 1.18. The van der Waals surface area contributed by atoms with Crippen LogP contribution in [0.1, 0.15) is 5.56 Å². The SMILES string of the molecule is Cc1ccc(-c2cccc(-c3cc(-c4cc(-c5cccnc5)cc(-c5cccnc5)c4)cc(-c4cc(-c5cccnc5)cc(-c5cccnc5)c4)c3)c2)cc1-c1cccc[n+]1C. The molecular formula is C57H42N5+. The fourth-order valence-corrected chi connectivity index (χ4v) is 8.28. The first kappa shape index (κ1) is 38.1. The van der Waals surface area contributed by atoms with Crippen molar-refractivity contribution in [3.63, 3.8) is 0 Å². The number of hydrogen-bond acceptors (Lipinski definition) is 4. The van der Waals surface area contributed by atoms with Crippen molar-refractivity contribution in [2.75, 3.05) is 0 Å². The van der Waals surface area contributed by atoms with Crippen molar-refractivity contribution in [3.8, 4) is 100 Å². The van der Waals surface area contributed by atoms with Crippen LogP contribution < -0.4 is 4.57 Å². The van der Waals surface area contributed by atoms with Crippen LogP contribution >= 0.6 is 0 Å². The van der Waals surface area contributed by atoms with Crippen LogP contribution in [0.5, 0.6) is 0 Å². The van der Waals surface area contributed by atoms with Gasteiger partial charge in [0.1, 0.15) is 7.05 Å². The summed E-state index contributed by atoms with van der Waals surface area (Å²) in [6.07, 6.45) is 17.1. The van der Waals surface area contributed by atoms with Gasteiger partial charge in [-0.2, -0.15) is 0 Å². The lowest BCUT2D eigenvalue weighted by atomic mass is 9.88. The molecule has 0 saturated heterocycles. The summed E-state index contributed by atoms with van der Waals surface area (Å²) >= 11 is 0. The van der Waals surface area contributed by atoms with Crippen LogP contribution in [0.2, 0.25) is 0 Å². The molecule has 62 heavy (non-hydrogen) atoms. The van der Waals surface area contributed by atoms with Gasteiger partial charge in [0.25, 0.3) is 0 Å². The van der Waals surface area contributed by atoms with E-state index in [0.717, 1.165) is 83.5 Å². The van der Waals surface area contributed by atoms with E-state index in [1.54, 1.807) is 0 Å². The molecule has 0 aliphatic heterocycles. The molecule has 0 unspecified atom stereocenters. The van der Waals surface area contributed by atoms with Crippen LogP contribution in [-0.2, 0) is 7.05 Å². The lowest BCUT2D eigenvalue weighted by Crippen LogP contribution is -2.30. The van der Waals surface area contributed by atoms with E-state index in [1.807, 2.05) is 73.8 Å². The zero-order chi connectivity index (χ0) is 41.8. The monoisotopic (exact) mass is 796 g/mol. The van der Waals surface area contributed by atoms with E-state index in [2.05, 4.69) is 184 Å². The third-order valence-corrected chi connectivity index (χ3v) is 11.5. The van der Waals surface area contributed by atoms with Crippen LogP contribution in [0.25, 0.3) is 100 Å². The highest BCUT2D eigenvalue weighted by Gasteiger charge is 2.16. The van der Waals surface area contributed by atoms with E-state index >= 15 is 0 Å². The first-order valence-corrected chi connectivity index (χ1v) is 20.8. The second kappa shape index (κ2) is 16.8. The summed E-state index contributed by atoms with van der Waals surface area (Å²) in [5.74, 6) is 0. The van der Waals surface area contributed by atoms with E-state index in [4.69, 9.17) is 0 Å². The predicted molar refractivity (Wildman–Crippen MR) is 252 cm³/mol. The van der Waals surface area contributed by atoms with Crippen LogP contribution in [0.15, 0.2) is 220 Å². The summed E-state index contributed by atoms with van der Waals surface area (Å²) in [7, 11) is 2.10. The molecule has 0 fully saturated rings. The Morgan fingerprint density at radius 2 is 0.645 bits per heavy atom. The van der Waals surface area contributed by atoms with Gasteiger partial charge in [0.15, 0.2) is 6.20 Å². The molecule has 10 aromatic rings. The van der Waals surface area contributed by atoms with E-state index in [0.29, 0.717) is 0 Å². The predicted octanol–water partition coefficient (Wildman–Crippen LogP) is 13.4. The highest BCUT2D eigenvalue weighted by molar-refractivity contribution is 5.89. The van der Waals surface area contributed by atoms with Gasteiger partial charge < -0.3 is 0 Å². The van der Waals surface area contributed by atoms with Gasteiger partial charge in [-0.15, -0.1) is 0 Å². The molecule has 5 aromatic heterocycles. The van der Waals surface area contributed by atoms with Crippen molar-refractivity contribution in [2.24, 2.45) is 7.05 Å². The van der Waals surface area contributed by atoms with Gasteiger partial charge in [-0.3, -0.25) is 19.9 Å². The lowest BCUT2D eigenvalue weighted by Gasteiger charge is -2.16. The summed E-state index contributed by atoms with van der Waals surface area (Å²) in [6, 6.07) is 59.0. The highest BCUT2D eigenvalue weighted by atomic mass is 14.9. The molecular weight excluding hydrogens is 755 g/mol. The fourth-order valence-electron chi connectivity index (χ4n) is 8.28. The van der Waals surface area contributed by atoms with Gasteiger partial charge in [-0.05, 0) is 176 Å². The number of hydrogen-bond donors (Lipinski definition) is 0. The fraction of sp³-hybridized carbons (Fsp3) is 0.0351. The topological polar surface area (TPSA) is 55.4 Å². The van der Waals surface area contributed by atoms with Crippen molar-refractivity contribution in [1.82, 2.24) is 19.9 Å². The Kier molecular flexibility index (Phi) is 10.3. The molecule has 0 bridgehead atoms. The minimum Gasteiger partial charge on any atom is -0.264 e. The molecule has 0 aliphatic rings. The Morgan fingerprint density at radius 1 is 0.306 bits per heavy atom. The molecule has 0 saturated carbocycles. The van der Waals surface area contributed by atoms with Crippen LogP contribution in [0.4, 0.5) is 0 Å². The molecule has 10 rings (SSSR count). The minimum atomic E-state index is 1.05. The zero-order valence-electron chi connectivity index (χ0n) is 34.5. The van der Waals surface area contributed by atoms with E-state index < -0.39 is 0 Å². The number of aromatic nitrogens is 5. The highest BCUT2D eigenvalue weighted by Crippen LogP contribution is 2.40. The molecule has 5 heterocycles. The van der Waals surface area contributed by atoms with Crippen molar-refractivity contribution in [3.05, 3.63) is 225 Å². The third-order valence-electron chi connectivity index (χ3n) is 11.5. The van der Waals surface area contributed by atoms with Gasteiger partial charge in [-0.25, -0.2) is 4.57 Å². The first-order valence-electron chi connectivity index (χ1n) is 20.8. The number of aryl methyl sites for hydroxylation is 2. The summed E-state index contributed by atoms with van der Waals surface area (Å²) in [6.45, 7) is 2.18.